The fourth-order valence-corrected chi connectivity index (χ4v) is 1.40. The van der Waals surface area contributed by atoms with Crippen molar-refractivity contribution >= 4 is 11.9 Å². The third-order valence-electron chi connectivity index (χ3n) is 2.29. The van der Waals surface area contributed by atoms with Crippen molar-refractivity contribution < 1.29 is 34.5 Å². The molecule has 21 heavy (non-hydrogen) atoms. The highest BCUT2D eigenvalue weighted by atomic mass is 16.4. The lowest BCUT2D eigenvalue weighted by atomic mass is 10.2. The average Bonchev–Trinajstić information content (AvgIpc) is 2.36. The second kappa shape index (κ2) is 8.35. The van der Waals surface area contributed by atoms with Crippen LogP contribution in [0.5, 0.6) is 0 Å². The molecule has 0 aliphatic rings. The molecule has 1 aromatic carbocycles. The zero-order valence-corrected chi connectivity index (χ0v) is 12.3. The Bertz CT molecular complexity index is 436. The monoisotopic (exact) mass is 299 g/mol. The molecule has 0 spiro atoms. The Labute approximate surface area is 123 Å². The molecular weight excluding hydrogens is 278 g/mol. The van der Waals surface area contributed by atoms with Crippen LogP contribution in [0.3, 0.4) is 0 Å². The van der Waals surface area contributed by atoms with E-state index < -0.39 is 24.1 Å². The van der Waals surface area contributed by atoms with E-state index in [1.807, 2.05) is 0 Å². The predicted octanol–water partition coefficient (Wildman–Crippen LogP) is -1.56. The lowest BCUT2D eigenvalue weighted by Gasteiger charge is -2.23. The molecule has 0 aromatic heterocycles. The van der Waals surface area contributed by atoms with Crippen LogP contribution in [0.4, 0.5) is 0 Å². The number of hydrogen-bond donors (Lipinski definition) is 3. The van der Waals surface area contributed by atoms with Gasteiger partial charge < -0.3 is 29.7 Å². The summed E-state index contributed by atoms with van der Waals surface area (Å²) >= 11 is 0. The molecule has 7 nitrogen and oxygen atoms in total. The van der Waals surface area contributed by atoms with Gasteiger partial charge in [0.15, 0.2) is 6.10 Å². The summed E-state index contributed by atoms with van der Waals surface area (Å²) < 4.78 is 0.990. The number of carboxylic acids is 2. The van der Waals surface area contributed by atoms with E-state index in [-0.39, 0.29) is 0 Å². The van der Waals surface area contributed by atoms with Gasteiger partial charge >= 0.3 is 5.97 Å². The molecule has 0 aliphatic heterocycles. The van der Waals surface area contributed by atoms with Crippen LogP contribution in [-0.4, -0.2) is 65.1 Å². The normalized spacial score (nSPS) is 13.6. The second-order valence-electron chi connectivity index (χ2n) is 5.48. The van der Waals surface area contributed by atoms with E-state index in [4.69, 9.17) is 15.3 Å². The van der Waals surface area contributed by atoms with E-state index in [1.54, 1.807) is 0 Å². The summed E-state index contributed by atoms with van der Waals surface area (Å²) in [5, 5.41) is 34.1. The molecule has 0 heterocycles. The van der Waals surface area contributed by atoms with Crippen LogP contribution >= 0.6 is 0 Å². The van der Waals surface area contributed by atoms with Crippen LogP contribution in [0, 0.1) is 0 Å². The molecule has 2 atom stereocenters. The summed E-state index contributed by atoms with van der Waals surface area (Å²) in [4.78, 5) is 19.4. The molecule has 7 heteroatoms. The topological polar surface area (TPSA) is 118 Å². The molecule has 2 unspecified atom stereocenters. The molecule has 3 N–H and O–H groups in total. The molecule has 1 rings (SSSR count). The number of benzene rings is 1. The largest absolute Gasteiger partial charge is 0.547 e. The number of aliphatic hydroxyl groups excluding tert-OH is 2. The minimum absolute atomic E-state index is 0.990. The van der Waals surface area contributed by atoms with Gasteiger partial charge in [-0.05, 0) is 0 Å². The van der Waals surface area contributed by atoms with Crippen molar-refractivity contribution in [2.45, 2.75) is 18.8 Å². The standard InChI is InChI=1S/C10H16N.C4H6O6/c1-11(2,3)9-10-7-5-4-6-8-10;5-1(3(7)8)2(6)4(9)10/h4-8H,9H2,1-3H3;1-2,5-6H,(H,7,8)(H,9,10)/q+1;/p-1. The van der Waals surface area contributed by atoms with Gasteiger partial charge in [-0.3, -0.25) is 0 Å². The lowest BCUT2D eigenvalue weighted by molar-refractivity contribution is -0.884. The molecule has 0 fully saturated rings. The van der Waals surface area contributed by atoms with Crippen LogP contribution in [0.2, 0.25) is 0 Å². The molecule has 0 aliphatic carbocycles. The summed E-state index contributed by atoms with van der Waals surface area (Å²) in [5.74, 6) is -3.83. The minimum atomic E-state index is -2.38. The maximum absolute atomic E-state index is 9.74. The molecule has 0 bridgehead atoms. The van der Waals surface area contributed by atoms with Crippen molar-refractivity contribution in [2.24, 2.45) is 0 Å². The lowest BCUT2D eigenvalue weighted by Crippen LogP contribution is -2.46. The van der Waals surface area contributed by atoms with Gasteiger partial charge in [-0.15, -0.1) is 0 Å². The zero-order chi connectivity index (χ0) is 16.6. The van der Waals surface area contributed by atoms with Crippen LogP contribution in [0.1, 0.15) is 5.56 Å². The van der Waals surface area contributed by atoms with Gasteiger partial charge in [0, 0.05) is 5.56 Å². The zero-order valence-electron chi connectivity index (χ0n) is 12.3. The summed E-state index contributed by atoms with van der Waals surface area (Å²) in [6, 6.07) is 10.6. The third-order valence-corrected chi connectivity index (χ3v) is 2.29. The fourth-order valence-electron chi connectivity index (χ4n) is 1.40. The Hall–Kier alpha value is -1.96. The van der Waals surface area contributed by atoms with Gasteiger partial charge in [0.05, 0.1) is 27.1 Å². The molecule has 0 saturated carbocycles. The quantitative estimate of drug-likeness (QED) is 0.566. The molecular formula is C14H21NO6. The van der Waals surface area contributed by atoms with Crippen molar-refractivity contribution in [2.75, 3.05) is 21.1 Å². The van der Waals surface area contributed by atoms with Gasteiger partial charge in [-0.25, -0.2) is 4.79 Å². The van der Waals surface area contributed by atoms with Gasteiger partial charge in [-0.1, -0.05) is 30.3 Å². The number of nitrogens with zero attached hydrogens (tertiary/aromatic N) is 1. The first-order valence-corrected chi connectivity index (χ1v) is 6.19. The molecule has 0 radical (unpaired) electrons. The van der Waals surface area contributed by atoms with Crippen molar-refractivity contribution in [1.82, 2.24) is 0 Å². The Morgan fingerprint density at radius 3 is 1.86 bits per heavy atom. The summed E-state index contributed by atoms with van der Waals surface area (Å²) in [7, 11) is 6.60. The number of aliphatic hydroxyl groups is 2. The van der Waals surface area contributed by atoms with Crippen LogP contribution in [0.15, 0.2) is 30.3 Å². The summed E-state index contributed by atoms with van der Waals surface area (Å²) in [6.45, 7) is 1.10. The van der Waals surface area contributed by atoms with Crippen molar-refractivity contribution in [3.63, 3.8) is 0 Å². The molecule has 0 saturated heterocycles. The Balaban J connectivity index is 0.000000384. The second-order valence-corrected chi connectivity index (χ2v) is 5.48. The van der Waals surface area contributed by atoms with E-state index in [1.165, 1.54) is 5.56 Å². The molecule has 1 aromatic rings. The van der Waals surface area contributed by atoms with Gasteiger partial charge in [0.25, 0.3) is 0 Å². The van der Waals surface area contributed by atoms with Crippen molar-refractivity contribution in [3.8, 4) is 0 Å². The minimum Gasteiger partial charge on any atom is -0.547 e. The van der Waals surface area contributed by atoms with Gasteiger partial charge in [-0.2, -0.15) is 0 Å². The third kappa shape index (κ3) is 8.74. The SMILES string of the molecule is C[N+](C)(C)Cc1ccccc1.O=C([O-])C(O)C(O)C(=O)O. The summed E-state index contributed by atoms with van der Waals surface area (Å²) in [5.41, 5.74) is 1.40. The van der Waals surface area contributed by atoms with Crippen molar-refractivity contribution in [3.05, 3.63) is 35.9 Å². The number of carbonyl (C=O) groups excluding carboxylic acids is 1. The van der Waals surface area contributed by atoms with E-state index in [2.05, 4.69) is 51.5 Å². The fraction of sp³-hybridized carbons (Fsp3) is 0.429. The Kier molecular flexibility index (Phi) is 7.57. The predicted molar refractivity (Wildman–Crippen MR) is 72.8 cm³/mol. The number of hydrogen-bond acceptors (Lipinski definition) is 5. The van der Waals surface area contributed by atoms with E-state index in [0.717, 1.165) is 11.0 Å². The first-order valence-electron chi connectivity index (χ1n) is 6.19. The Morgan fingerprint density at radius 2 is 1.57 bits per heavy atom. The summed E-state index contributed by atoms with van der Waals surface area (Å²) in [6.07, 6.45) is -4.71. The van der Waals surface area contributed by atoms with E-state index in [9.17, 15) is 14.7 Å². The molecule has 0 amide bonds. The highest BCUT2D eigenvalue weighted by molar-refractivity contribution is 5.82. The number of quaternary nitrogens is 1. The van der Waals surface area contributed by atoms with Crippen LogP contribution in [0.25, 0.3) is 0 Å². The Morgan fingerprint density at radius 1 is 1.10 bits per heavy atom. The van der Waals surface area contributed by atoms with Crippen molar-refractivity contribution in [1.29, 1.82) is 0 Å². The highest BCUT2D eigenvalue weighted by Crippen LogP contribution is 2.05. The molecule has 118 valence electrons. The average molecular weight is 299 g/mol. The smallest absolute Gasteiger partial charge is 0.335 e. The number of carbonyl (C=O) groups is 2. The van der Waals surface area contributed by atoms with Crippen LogP contribution in [-0.2, 0) is 16.1 Å². The van der Waals surface area contributed by atoms with Gasteiger partial charge in [0.1, 0.15) is 12.6 Å². The first-order chi connectivity index (χ1) is 9.54. The number of carboxylic acid groups (broad SMARTS) is 2. The number of rotatable bonds is 5. The first kappa shape index (κ1) is 19.0. The maximum atomic E-state index is 9.74. The maximum Gasteiger partial charge on any atom is 0.335 e. The van der Waals surface area contributed by atoms with E-state index in [0.29, 0.717) is 0 Å². The van der Waals surface area contributed by atoms with Gasteiger partial charge in [0.2, 0.25) is 0 Å². The van der Waals surface area contributed by atoms with Crippen LogP contribution < -0.4 is 5.11 Å². The number of aliphatic carboxylic acids is 2. The van der Waals surface area contributed by atoms with E-state index >= 15 is 0 Å². The highest BCUT2D eigenvalue weighted by Gasteiger charge is 2.23.